The summed E-state index contributed by atoms with van der Waals surface area (Å²) < 4.78 is 23.4. The van der Waals surface area contributed by atoms with Crippen LogP contribution in [0.3, 0.4) is 0 Å². The van der Waals surface area contributed by atoms with Gasteiger partial charge < -0.3 is 5.73 Å². The van der Waals surface area contributed by atoms with Crippen molar-refractivity contribution >= 4 is 21.4 Å². The van der Waals surface area contributed by atoms with Crippen LogP contribution in [0.5, 0.6) is 0 Å². The summed E-state index contributed by atoms with van der Waals surface area (Å²) in [7, 11) is -3.13. The summed E-state index contributed by atoms with van der Waals surface area (Å²) >= 11 is 5.84. The molecule has 1 aromatic rings. The van der Waals surface area contributed by atoms with Crippen molar-refractivity contribution in [3.8, 4) is 0 Å². The number of hydrogen-bond acceptors (Lipinski definition) is 3. The van der Waals surface area contributed by atoms with E-state index in [1.807, 2.05) is 0 Å². The molecule has 0 amide bonds. The largest absolute Gasteiger partial charge is 0.323 e. The number of nitrogens with two attached hydrogens (primary N) is 1. The SMILES string of the molecule is CCS(=O)(=O)C(C)C(N)c1cccc(Cl)c1. The molecule has 0 aliphatic rings. The van der Waals surface area contributed by atoms with Crippen molar-refractivity contribution in [1.29, 1.82) is 0 Å². The monoisotopic (exact) mass is 261 g/mol. The standard InChI is InChI=1S/C11H16ClNO2S/c1-3-16(14,15)8(2)11(13)9-5-4-6-10(12)7-9/h4-8,11H,3,13H2,1-2H3. The smallest absolute Gasteiger partial charge is 0.154 e. The van der Waals surface area contributed by atoms with Crippen LogP contribution in [0.15, 0.2) is 24.3 Å². The molecule has 16 heavy (non-hydrogen) atoms. The van der Waals surface area contributed by atoms with Crippen LogP contribution in [0.25, 0.3) is 0 Å². The second kappa shape index (κ2) is 5.17. The Bertz CT molecular complexity index is 459. The fourth-order valence-corrected chi connectivity index (χ4v) is 2.80. The highest BCUT2D eigenvalue weighted by molar-refractivity contribution is 7.92. The summed E-state index contributed by atoms with van der Waals surface area (Å²) in [6.07, 6.45) is 0. The Morgan fingerprint density at radius 1 is 1.44 bits per heavy atom. The van der Waals surface area contributed by atoms with Crippen LogP contribution in [0.4, 0.5) is 0 Å². The highest BCUT2D eigenvalue weighted by Crippen LogP contribution is 2.22. The molecular weight excluding hydrogens is 246 g/mol. The van der Waals surface area contributed by atoms with Gasteiger partial charge >= 0.3 is 0 Å². The maximum atomic E-state index is 11.7. The fourth-order valence-electron chi connectivity index (χ4n) is 1.47. The lowest BCUT2D eigenvalue weighted by Crippen LogP contribution is -2.32. The lowest BCUT2D eigenvalue weighted by molar-refractivity contribution is 0.566. The van der Waals surface area contributed by atoms with Gasteiger partial charge in [-0.05, 0) is 24.6 Å². The average molecular weight is 262 g/mol. The van der Waals surface area contributed by atoms with Crippen LogP contribution in [0, 0.1) is 0 Å². The minimum atomic E-state index is -3.13. The minimum Gasteiger partial charge on any atom is -0.323 e. The Balaban J connectivity index is 2.99. The Hall–Kier alpha value is -0.580. The molecule has 0 aliphatic heterocycles. The van der Waals surface area contributed by atoms with Crippen molar-refractivity contribution < 1.29 is 8.42 Å². The van der Waals surface area contributed by atoms with Crippen molar-refractivity contribution in [1.82, 2.24) is 0 Å². The summed E-state index contributed by atoms with van der Waals surface area (Å²) in [5.74, 6) is 0.0996. The van der Waals surface area contributed by atoms with Crippen molar-refractivity contribution in [2.45, 2.75) is 25.1 Å². The van der Waals surface area contributed by atoms with Gasteiger partial charge in [-0.15, -0.1) is 0 Å². The molecule has 0 aromatic heterocycles. The zero-order valence-corrected chi connectivity index (χ0v) is 10.9. The van der Waals surface area contributed by atoms with Gasteiger partial charge in [-0.3, -0.25) is 0 Å². The molecule has 0 saturated heterocycles. The third-order valence-electron chi connectivity index (χ3n) is 2.71. The topological polar surface area (TPSA) is 60.2 Å². The van der Waals surface area contributed by atoms with Gasteiger partial charge in [0.15, 0.2) is 9.84 Å². The maximum absolute atomic E-state index is 11.7. The molecule has 1 aromatic carbocycles. The second-order valence-electron chi connectivity index (χ2n) is 3.74. The fraction of sp³-hybridized carbons (Fsp3) is 0.455. The van der Waals surface area contributed by atoms with E-state index in [1.54, 1.807) is 38.1 Å². The van der Waals surface area contributed by atoms with Crippen molar-refractivity contribution in [3.05, 3.63) is 34.9 Å². The summed E-state index contributed by atoms with van der Waals surface area (Å²) in [6.45, 7) is 3.25. The van der Waals surface area contributed by atoms with Gasteiger partial charge in [0.25, 0.3) is 0 Å². The molecule has 0 aliphatic carbocycles. The second-order valence-corrected chi connectivity index (χ2v) is 6.82. The predicted molar refractivity (Wildman–Crippen MR) is 67.3 cm³/mol. The van der Waals surface area contributed by atoms with E-state index in [1.165, 1.54) is 0 Å². The molecule has 1 rings (SSSR count). The summed E-state index contributed by atoms with van der Waals surface area (Å²) in [5.41, 5.74) is 6.68. The zero-order valence-electron chi connectivity index (χ0n) is 9.35. The van der Waals surface area contributed by atoms with E-state index in [4.69, 9.17) is 17.3 Å². The molecule has 0 radical (unpaired) electrons. The minimum absolute atomic E-state index is 0.0996. The van der Waals surface area contributed by atoms with E-state index in [9.17, 15) is 8.42 Å². The lowest BCUT2D eigenvalue weighted by atomic mass is 10.1. The van der Waals surface area contributed by atoms with Gasteiger partial charge in [-0.25, -0.2) is 8.42 Å². The number of sulfone groups is 1. The van der Waals surface area contributed by atoms with Crippen molar-refractivity contribution in [3.63, 3.8) is 0 Å². The van der Waals surface area contributed by atoms with E-state index in [0.29, 0.717) is 5.02 Å². The van der Waals surface area contributed by atoms with E-state index < -0.39 is 21.1 Å². The molecule has 0 bridgehead atoms. The Kier molecular flexibility index (Phi) is 4.35. The van der Waals surface area contributed by atoms with E-state index in [2.05, 4.69) is 0 Å². The van der Waals surface area contributed by atoms with Crippen LogP contribution >= 0.6 is 11.6 Å². The highest BCUT2D eigenvalue weighted by atomic mass is 35.5. The normalized spacial score (nSPS) is 15.8. The van der Waals surface area contributed by atoms with Gasteiger partial charge in [0.05, 0.1) is 5.25 Å². The molecule has 2 unspecified atom stereocenters. The van der Waals surface area contributed by atoms with Crippen LogP contribution in [0.2, 0.25) is 5.02 Å². The highest BCUT2D eigenvalue weighted by Gasteiger charge is 2.26. The molecule has 0 heterocycles. The van der Waals surface area contributed by atoms with Gasteiger partial charge in [0, 0.05) is 16.8 Å². The number of hydrogen-bond donors (Lipinski definition) is 1. The predicted octanol–water partition coefficient (Wildman–Crippen LogP) is 2.16. The Morgan fingerprint density at radius 2 is 2.06 bits per heavy atom. The molecular formula is C11H16ClNO2S. The van der Waals surface area contributed by atoms with Gasteiger partial charge in [0.1, 0.15) is 0 Å². The number of halogens is 1. The molecule has 3 nitrogen and oxygen atoms in total. The lowest BCUT2D eigenvalue weighted by Gasteiger charge is -2.20. The summed E-state index contributed by atoms with van der Waals surface area (Å²) in [5, 5.41) is -0.0370. The van der Waals surface area contributed by atoms with Crippen LogP contribution < -0.4 is 5.73 Å². The number of benzene rings is 1. The number of rotatable bonds is 4. The summed E-state index contributed by atoms with van der Waals surface area (Å²) in [4.78, 5) is 0. The molecule has 2 atom stereocenters. The third-order valence-corrected chi connectivity index (χ3v) is 5.17. The molecule has 0 saturated carbocycles. The van der Waals surface area contributed by atoms with Crippen LogP contribution in [0.1, 0.15) is 25.5 Å². The van der Waals surface area contributed by atoms with Crippen LogP contribution in [-0.2, 0) is 9.84 Å². The van der Waals surface area contributed by atoms with Crippen molar-refractivity contribution in [2.24, 2.45) is 5.73 Å². The van der Waals surface area contributed by atoms with Gasteiger partial charge in [-0.2, -0.15) is 0 Å². The van der Waals surface area contributed by atoms with Crippen LogP contribution in [-0.4, -0.2) is 19.4 Å². The first-order valence-electron chi connectivity index (χ1n) is 5.11. The van der Waals surface area contributed by atoms with Gasteiger partial charge in [-0.1, -0.05) is 30.7 Å². The molecule has 0 fully saturated rings. The Labute approximate surface area is 102 Å². The van der Waals surface area contributed by atoms with E-state index >= 15 is 0 Å². The molecule has 90 valence electrons. The molecule has 0 spiro atoms. The first kappa shape index (κ1) is 13.5. The van der Waals surface area contributed by atoms with Crippen molar-refractivity contribution in [2.75, 3.05) is 5.75 Å². The van der Waals surface area contributed by atoms with E-state index in [-0.39, 0.29) is 5.75 Å². The summed E-state index contributed by atoms with van der Waals surface area (Å²) in [6, 6.07) is 6.45. The van der Waals surface area contributed by atoms with E-state index in [0.717, 1.165) is 5.56 Å². The van der Waals surface area contributed by atoms with Gasteiger partial charge in [0.2, 0.25) is 0 Å². The molecule has 5 heteroatoms. The zero-order chi connectivity index (χ0) is 12.3. The quantitative estimate of drug-likeness (QED) is 0.904. The molecule has 2 N–H and O–H groups in total. The third kappa shape index (κ3) is 2.97. The first-order chi connectivity index (χ1) is 7.38. The first-order valence-corrected chi connectivity index (χ1v) is 7.20. The average Bonchev–Trinajstić information content (AvgIpc) is 2.27. The Morgan fingerprint density at radius 3 is 2.56 bits per heavy atom. The maximum Gasteiger partial charge on any atom is 0.154 e.